The fourth-order valence-electron chi connectivity index (χ4n) is 3.83. The van der Waals surface area contributed by atoms with Gasteiger partial charge in [-0.25, -0.2) is 24.3 Å². The van der Waals surface area contributed by atoms with Crippen molar-refractivity contribution in [3.63, 3.8) is 0 Å². The molecule has 11 heteroatoms. The Morgan fingerprint density at radius 3 is 1.55 bits per heavy atom. The zero-order chi connectivity index (χ0) is 26.8. The van der Waals surface area contributed by atoms with Crippen LogP contribution in [0.3, 0.4) is 0 Å². The molecule has 0 bridgehead atoms. The molecule has 0 saturated carbocycles. The number of hydrogen-bond acceptors (Lipinski definition) is 5. The van der Waals surface area contributed by atoms with Gasteiger partial charge in [-0.05, 0) is 62.4 Å². The predicted octanol–water partition coefficient (Wildman–Crippen LogP) is 5.46. The third-order valence-electron chi connectivity index (χ3n) is 5.74. The highest BCUT2D eigenvalue weighted by molar-refractivity contribution is 6.31. The lowest BCUT2D eigenvalue weighted by Crippen LogP contribution is -2.17. The minimum absolute atomic E-state index is 0.262. The van der Waals surface area contributed by atoms with Crippen molar-refractivity contribution < 1.29 is 0 Å². The first-order valence-corrected chi connectivity index (χ1v) is 12.3. The van der Waals surface area contributed by atoms with Gasteiger partial charge in [-0.15, -0.1) is 0 Å². The lowest BCUT2D eigenvalue weighted by atomic mass is 10.3. The monoisotopic (exact) mass is 545 g/mol. The number of H-pyrrole nitrogens is 2. The molecule has 0 unspecified atom stereocenters. The Balaban J connectivity index is 1.39. The molecule has 5 aromatic rings. The van der Waals surface area contributed by atoms with Crippen LogP contribution < -0.4 is 11.1 Å². The lowest BCUT2D eigenvalue weighted by molar-refractivity contribution is 0.835. The van der Waals surface area contributed by atoms with Crippen LogP contribution in [0.1, 0.15) is 22.5 Å². The summed E-state index contributed by atoms with van der Waals surface area (Å²) in [6, 6.07) is 19.1. The van der Waals surface area contributed by atoms with Gasteiger partial charge in [0.2, 0.25) is 0 Å². The van der Waals surface area contributed by atoms with Crippen molar-refractivity contribution in [2.75, 3.05) is 0 Å². The van der Waals surface area contributed by atoms with E-state index in [0.29, 0.717) is 55.6 Å². The van der Waals surface area contributed by atoms with Crippen LogP contribution in [0.4, 0.5) is 11.6 Å². The second-order valence-corrected chi connectivity index (χ2v) is 9.29. The number of benzene rings is 2. The van der Waals surface area contributed by atoms with Crippen LogP contribution in [-0.4, -0.2) is 37.0 Å². The second-order valence-electron chi connectivity index (χ2n) is 8.41. The predicted molar refractivity (Wildman–Crippen MR) is 151 cm³/mol. The van der Waals surface area contributed by atoms with E-state index in [1.54, 1.807) is 80.6 Å². The minimum Gasteiger partial charge on any atom is -0.295 e. The minimum atomic E-state index is -0.262. The maximum Gasteiger partial charge on any atom is 0.280 e. The van der Waals surface area contributed by atoms with Crippen molar-refractivity contribution in [1.29, 1.82) is 0 Å². The summed E-state index contributed by atoms with van der Waals surface area (Å²) >= 11 is 12.1. The van der Waals surface area contributed by atoms with Gasteiger partial charge in [-0.1, -0.05) is 41.4 Å². The van der Waals surface area contributed by atoms with E-state index in [1.165, 1.54) is 21.8 Å². The smallest absolute Gasteiger partial charge is 0.280 e. The zero-order valence-corrected chi connectivity index (χ0v) is 21.8. The number of aryl methyl sites for hydroxylation is 2. The summed E-state index contributed by atoms with van der Waals surface area (Å²) in [5, 5.41) is 7.13. The molecule has 3 aromatic heterocycles. The van der Waals surface area contributed by atoms with Gasteiger partial charge in [0.05, 0.1) is 22.5 Å². The van der Waals surface area contributed by atoms with Crippen molar-refractivity contribution in [2.45, 2.75) is 13.8 Å². The molecule has 0 atom stereocenters. The molecule has 0 aliphatic rings. The van der Waals surface area contributed by atoms with Crippen LogP contribution in [0.25, 0.3) is 11.4 Å². The highest BCUT2D eigenvalue weighted by Crippen LogP contribution is 2.17. The van der Waals surface area contributed by atoms with E-state index in [1.807, 2.05) is 0 Å². The Kier molecular flexibility index (Phi) is 6.95. The first kappa shape index (κ1) is 25.2. The number of halogens is 2. The third-order valence-corrected chi connectivity index (χ3v) is 6.21. The maximum atomic E-state index is 12.9. The Labute approximate surface area is 226 Å². The number of hydrogen-bond donors (Lipinski definition) is 2. The molecule has 9 nitrogen and oxygen atoms in total. The first-order valence-electron chi connectivity index (χ1n) is 11.5. The summed E-state index contributed by atoms with van der Waals surface area (Å²) in [4.78, 5) is 39.0. The normalized spacial score (nSPS) is 11.7. The summed E-state index contributed by atoms with van der Waals surface area (Å²) < 4.78 is 2.82. The molecule has 2 N–H and O–H groups in total. The molecular weight excluding hydrogens is 525 g/mol. The van der Waals surface area contributed by atoms with Crippen LogP contribution in [-0.2, 0) is 0 Å². The first-order chi connectivity index (χ1) is 18.3. The largest absolute Gasteiger partial charge is 0.295 e. The molecule has 0 fully saturated rings. The van der Waals surface area contributed by atoms with E-state index in [4.69, 9.17) is 23.2 Å². The maximum absolute atomic E-state index is 12.9. The zero-order valence-electron chi connectivity index (χ0n) is 20.3. The molecule has 2 aromatic carbocycles. The number of rotatable bonds is 6. The van der Waals surface area contributed by atoms with Gasteiger partial charge in [0.25, 0.3) is 11.1 Å². The van der Waals surface area contributed by atoms with E-state index in [0.717, 1.165) is 0 Å². The van der Waals surface area contributed by atoms with Crippen molar-refractivity contribution in [1.82, 2.24) is 24.5 Å². The highest BCUT2D eigenvalue weighted by atomic mass is 35.5. The van der Waals surface area contributed by atoms with E-state index in [2.05, 4.69) is 25.2 Å². The van der Waals surface area contributed by atoms with E-state index in [9.17, 15) is 9.59 Å². The molecule has 0 spiro atoms. The van der Waals surface area contributed by atoms with E-state index in [-0.39, 0.29) is 11.1 Å². The fourth-order valence-corrected chi connectivity index (χ4v) is 4.20. The molecule has 0 aliphatic heterocycles. The molecular formula is C27H21Cl2N7O2. The summed E-state index contributed by atoms with van der Waals surface area (Å²) in [6.07, 6.45) is 2.93. The van der Waals surface area contributed by atoms with Crippen molar-refractivity contribution in [3.8, 4) is 11.4 Å². The Hall–Kier alpha value is -4.47. The third kappa shape index (κ3) is 5.15. The molecule has 38 heavy (non-hydrogen) atoms. The molecule has 0 amide bonds. The highest BCUT2D eigenvalue weighted by Gasteiger charge is 2.12. The summed E-state index contributed by atoms with van der Waals surface area (Å²) in [6.45, 7) is 3.57. The van der Waals surface area contributed by atoms with Gasteiger partial charge in [0.1, 0.15) is 0 Å². The Bertz CT molecular complexity index is 1700. The molecule has 0 aliphatic carbocycles. The summed E-state index contributed by atoms with van der Waals surface area (Å²) in [5.74, 6) is 0.715. The number of nitrogens with zero attached hydrogens (tertiary/aromatic N) is 5. The Morgan fingerprint density at radius 2 is 1.13 bits per heavy atom. The van der Waals surface area contributed by atoms with Gasteiger partial charge in [0, 0.05) is 33.9 Å². The van der Waals surface area contributed by atoms with Crippen LogP contribution in [0, 0.1) is 13.8 Å². The van der Waals surface area contributed by atoms with Gasteiger partial charge < -0.3 is 0 Å². The number of pyridine rings is 1. The standard InChI is InChI=1S/C27H21Cl2N7O2/c1-16-22(26(37)35(33-16)20-8-3-6-18(28)12-20)14-30-24-10-5-11-25(32-24)31-15-23-17(2)34-36(27(23)38)21-9-4-7-19(29)13-21/h3-15,33-34H,1-2H3/b30-14-,31-15?. The summed E-state index contributed by atoms with van der Waals surface area (Å²) in [5.41, 5.74) is 2.79. The molecule has 0 saturated heterocycles. The van der Waals surface area contributed by atoms with Crippen molar-refractivity contribution in [2.24, 2.45) is 9.98 Å². The average molecular weight is 546 g/mol. The number of aromatic amines is 2. The second kappa shape index (κ2) is 10.5. The van der Waals surface area contributed by atoms with Gasteiger partial charge in [0.15, 0.2) is 11.6 Å². The van der Waals surface area contributed by atoms with Gasteiger partial charge >= 0.3 is 0 Å². The van der Waals surface area contributed by atoms with E-state index >= 15 is 0 Å². The Morgan fingerprint density at radius 1 is 0.711 bits per heavy atom. The van der Waals surface area contributed by atoms with Crippen molar-refractivity contribution >= 4 is 47.3 Å². The van der Waals surface area contributed by atoms with Crippen LogP contribution in [0.5, 0.6) is 0 Å². The summed E-state index contributed by atoms with van der Waals surface area (Å²) in [7, 11) is 0. The average Bonchev–Trinajstić information content (AvgIpc) is 3.35. The molecule has 0 radical (unpaired) electrons. The van der Waals surface area contributed by atoms with Crippen LogP contribution in [0.15, 0.2) is 86.3 Å². The molecule has 190 valence electrons. The number of aromatic nitrogens is 5. The van der Waals surface area contributed by atoms with E-state index < -0.39 is 0 Å². The topological polar surface area (TPSA) is 113 Å². The quantitative estimate of drug-likeness (QED) is 0.276. The molecule has 5 rings (SSSR count). The number of aliphatic imine (C=N–C) groups is 2. The van der Waals surface area contributed by atoms with Gasteiger partial charge in [-0.3, -0.25) is 19.8 Å². The lowest BCUT2D eigenvalue weighted by Gasteiger charge is -2.01. The number of nitrogens with one attached hydrogen (secondary N) is 2. The van der Waals surface area contributed by atoms with Crippen LogP contribution in [0.2, 0.25) is 10.0 Å². The SMILES string of the molecule is Cc1[nH]n(-c2cccc(Cl)c2)c(=O)c1C=Nc1cccc(/N=C\c2c(C)[nH]n(-c3cccc(Cl)c3)c2=O)n1. The molecule has 3 heterocycles. The van der Waals surface area contributed by atoms with Crippen molar-refractivity contribution in [3.05, 3.63) is 120 Å². The van der Waals surface area contributed by atoms with Gasteiger partial charge in [-0.2, -0.15) is 0 Å². The van der Waals surface area contributed by atoms with Crippen LogP contribution >= 0.6 is 23.2 Å². The fraction of sp³-hybridized carbons (Fsp3) is 0.0741.